The van der Waals surface area contributed by atoms with Crippen molar-refractivity contribution in [1.82, 2.24) is 20.5 Å². The summed E-state index contributed by atoms with van der Waals surface area (Å²) in [5.74, 6) is 2.48. The van der Waals surface area contributed by atoms with E-state index in [0.717, 1.165) is 37.8 Å². The first-order valence-electron chi connectivity index (χ1n) is 9.58. The number of phenolic OH excluding ortho intramolecular Hbond substituents is 1. The van der Waals surface area contributed by atoms with Crippen molar-refractivity contribution in [3.05, 3.63) is 30.2 Å². The third kappa shape index (κ3) is 3.35. The number of rotatable bonds is 5. The highest BCUT2D eigenvalue weighted by Crippen LogP contribution is 2.33. The van der Waals surface area contributed by atoms with Gasteiger partial charge >= 0.3 is 0 Å². The second kappa shape index (κ2) is 6.49. The van der Waals surface area contributed by atoms with E-state index >= 15 is 0 Å². The molecule has 1 saturated heterocycles. The number of aromatic nitrogens is 3. The molecular formula is C20H23N5O2. The summed E-state index contributed by atoms with van der Waals surface area (Å²) in [5, 5.41) is 22.7. The lowest BCUT2D eigenvalue weighted by Crippen LogP contribution is -2.34. The summed E-state index contributed by atoms with van der Waals surface area (Å²) < 4.78 is 5.56. The highest BCUT2D eigenvalue weighted by atomic mass is 16.3. The SMILES string of the molecule is Cc1nc2cc(O)c(-c3ccc(N4CCC(NCC5CC5)C4)nn3)cc2o1. The van der Waals surface area contributed by atoms with E-state index in [0.29, 0.717) is 34.3 Å². The molecule has 7 nitrogen and oxygen atoms in total. The van der Waals surface area contributed by atoms with Gasteiger partial charge in [-0.05, 0) is 49.9 Å². The van der Waals surface area contributed by atoms with Gasteiger partial charge in [0.1, 0.15) is 11.3 Å². The van der Waals surface area contributed by atoms with Crippen molar-refractivity contribution >= 4 is 16.9 Å². The van der Waals surface area contributed by atoms with E-state index in [1.807, 2.05) is 12.1 Å². The number of benzene rings is 1. The van der Waals surface area contributed by atoms with Gasteiger partial charge in [0.15, 0.2) is 17.3 Å². The van der Waals surface area contributed by atoms with Gasteiger partial charge in [0.05, 0.1) is 5.69 Å². The second-order valence-corrected chi connectivity index (χ2v) is 7.63. The lowest BCUT2D eigenvalue weighted by Gasteiger charge is -2.17. The standard InChI is InChI=1S/C20H23N5O2/c1-12-22-17-9-18(26)15(8-19(17)27-12)16-4-5-20(24-23-16)25-7-6-14(11-25)21-10-13-2-3-13/h4-5,8-9,13-14,21,26H,2-3,6-7,10-11H2,1H3. The van der Waals surface area contributed by atoms with Gasteiger partial charge in [0.25, 0.3) is 0 Å². The Bertz CT molecular complexity index is 964. The summed E-state index contributed by atoms with van der Waals surface area (Å²) >= 11 is 0. The number of fused-ring (bicyclic) bond motifs is 1. The lowest BCUT2D eigenvalue weighted by atomic mass is 10.1. The highest BCUT2D eigenvalue weighted by molar-refractivity contribution is 5.83. The van der Waals surface area contributed by atoms with Gasteiger partial charge in [0.2, 0.25) is 0 Å². The molecule has 1 aliphatic carbocycles. The summed E-state index contributed by atoms with van der Waals surface area (Å²) in [6.07, 6.45) is 3.89. The number of phenols is 1. The van der Waals surface area contributed by atoms with Gasteiger partial charge in [-0.25, -0.2) is 4.98 Å². The van der Waals surface area contributed by atoms with Crippen molar-refractivity contribution < 1.29 is 9.52 Å². The molecule has 27 heavy (non-hydrogen) atoms. The normalized spacial score (nSPS) is 19.9. The van der Waals surface area contributed by atoms with Crippen molar-refractivity contribution in [3.63, 3.8) is 0 Å². The number of oxazole rings is 1. The monoisotopic (exact) mass is 365 g/mol. The van der Waals surface area contributed by atoms with Crippen LogP contribution in [-0.4, -0.2) is 46.0 Å². The van der Waals surface area contributed by atoms with E-state index in [1.54, 1.807) is 19.1 Å². The van der Waals surface area contributed by atoms with E-state index < -0.39 is 0 Å². The molecule has 1 saturated carbocycles. The van der Waals surface area contributed by atoms with Gasteiger partial charge in [-0.2, -0.15) is 0 Å². The van der Waals surface area contributed by atoms with Crippen molar-refractivity contribution in [1.29, 1.82) is 0 Å². The Balaban J connectivity index is 1.32. The van der Waals surface area contributed by atoms with Gasteiger partial charge in [0, 0.05) is 37.7 Å². The Labute approximate surface area is 157 Å². The van der Waals surface area contributed by atoms with Gasteiger partial charge in [-0.1, -0.05) is 0 Å². The average molecular weight is 365 g/mol. The van der Waals surface area contributed by atoms with Crippen LogP contribution in [0.2, 0.25) is 0 Å². The van der Waals surface area contributed by atoms with Crippen molar-refractivity contribution in [2.75, 3.05) is 24.5 Å². The third-order valence-electron chi connectivity index (χ3n) is 5.44. The first kappa shape index (κ1) is 16.5. The molecule has 1 aliphatic heterocycles. The van der Waals surface area contributed by atoms with E-state index in [1.165, 1.54) is 12.8 Å². The Morgan fingerprint density at radius 3 is 2.89 bits per heavy atom. The minimum absolute atomic E-state index is 0.128. The fraction of sp³-hybridized carbons (Fsp3) is 0.450. The highest BCUT2D eigenvalue weighted by Gasteiger charge is 2.27. The topological polar surface area (TPSA) is 87.3 Å². The van der Waals surface area contributed by atoms with Crippen LogP contribution in [0, 0.1) is 12.8 Å². The van der Waals surface area contributed by atoms with Crippen LogP contribution in [0.15, 0.2) is 28.7 Å². The van der Waals surface area contributed by atoms with Crippen LogP contribution in [0.25, 0.3) is 22.4 Å². The summed E-state index contributed by atoms with van der Waals surface area (Å²) in [4.78, 5) is 6.50. The van der Waals surface area contributed by atoms with Crippen LogP contribution in [-0.2, 0) is 0 Å². The first-order valence-corrected chi connectivity index (χ1v) is 9.58. The molecule has 0 spiro atoms. The fourth-order valence-electron chi connectivity index (χ4n) is 3.71. The molecule has 0 radical (unpaired) electrons. The molecule has 2 N–H and O–H groups in total. The van der Waals surface area contributed by atoms with Crippen molar-refractivity contribution in [2.45, 2.75) is 32.2 Å². The summed E-state index contributed by atoms with van der Waals surface area (Å²) in [6, 6.07) is 7.78. The molecule has 3 aromatic rings. The fourth-order valence-corrected chi connectivity index (χ4v) is 3.71. The number of hydrogen-bond acceptors (Lipinski definition) is 7. The Kier molecular flexibility index (Phi) is 3.97. The van der Waals surface area contributed by atoms with Gasteiger partial charge in [-0.15, -0.1) is 10.2 Å². The van der Waals surface area contributed by atoms with Gasteiger partial charge in [-0.3, -0.25) is 0 Å². The van der Waals surface area contributed by atoms with E-state index in [-0.39, 0.29) is 5.75 Å². The maximum absolute atomic E-state index is 10.3. The number of anilines is 1. The Hall–Kier alpha value is -2.67. The molecule has 2 aromatic heterocycles. The molecule has 140 valence electrons. The molecule has 2 fully saturated rings. The van der Waals surface area contributed by atoms with Crippen LogP contribution in [0.1, 0.15) is 25.2 Å². The van der Waals surface area contributed by atoms with Crippen molar-refractivity contribution in [3.8, 4) is 17.0 Å². The average Bonchev–Trinajstić information content (AvgIpc) is 3.25. The van der Waals surface area contributed by atoms with E-state index in [4.69, 9.17) is 4.42 Å². The third-order valence-corrected chi connectivity index (χ3v) is 5.44. The van der Waals surface area contributed by atoms with Crippen LogP contribution < -0.4 is 10.2 Å². The van der Waals surface area contributed by atoms with Crippen LogP contribution in [0.4, 0.5) is 5.82 Å². The molecule has 7 heteroatoms. The molecule has 1 atom stereocenters. The summed E-state index contributed by atoms with van der Waals surface area (Å²) in [5.41, 5.74) is 2.49. The van der Waals surface area contributed by atoms with Crippen molar-refractivity contribution in [2.24, 2.45) is 5.92 Å². The minimum Gasteiger partial charge on any atom is -0.507 e. The van der Waals surface area contributed by atoms with Crippen LogP contribution in [0.5, 0.6) is 5.75 Å². The molecule has 3 heterocycles. The quantitative estimate of drug-likeness (QED) is 0.719. The molecule has 0 bridgehead atoms. The molecular weight excluding hydrogens is 342 g/mol. The number of nitrogens with zero attached hydrogens (tertiary/aromatic N) is 4. The minimum atomic E-state index is 0.128. The molecule has 1 aromatic carbocycles. The Morgan fingerprint density at radius 2 is 2.11 bits per heavy atom. The molecule has 0 amide bonds. The Morgan fingerprint density at radius 1 is 1.22 bits per heavy atom. The molecule has 5 rings (SSSR count). The van der Waals surface area contributed by atoms with Gasteiger partial charge < -0.3 is 19.7 Å². The first-order chi connectivity index (χ1) is 13.2. The maximum Gasteiger partial charge on any atom is 0.192 e. The predicted octanol–water partition coefficient (Wildman–Crippen LogP) is 2.88. The predicted molar refractivity (Wildman–Crippen MR) is 103 cm³/mol. The molecule has 2 aliphatic rings. The summed E-state index contributed by atoms with van der Waals surface area (Å²) in [7, 11) is 0. The van der Waals surface area contributed by atoms with Crippen LogP contribution in [0.3, 0.4) is 0 Å². The smallest absolute Gasteiger partial charge is 0.192 e. The zero-order chi connectivity index (χ0) is 18.4. The largest absolute Gasteiger partial charge is 0.507 e. The number of aromatic hydroxyl groups is 1. The summed E-state index contributed by atoms with van der Waals surface area (Å²) in [6.45, 7) is 4.89. The lowest BCUT2D eigenvalue weighted by molar-refractivity contribution is 0.477. The van der Waals surface area contributed by atoms with Crippen LogP contribution >= 0.6 is 0 Å². The zero-order valence-corrected chi connectivity index (χ0v) is 15.4. The zero-order valence-electron chi connectivity index (χ0n) is 15.4. The van der Waals surface area contributed by atoms with E-state index in [2.05, 4.69) is 25.4 Å². The maximum atomic E-state index is 10.3. The number of aryl methyl sites for hydroxylation is 1. The second-order valence-electron chi connectivity index (χ2n) is 7.63. The molecule has 1 unspecified atom stereocenters. The number of nitrogens with one attached hydrogen (secondary N) is 1. The van der Waals surface area contributed by atoms with E-state index in [9.17, 15) is 5.11 Å². The number of hydrogen-bond donors (Lipinski definition) is 2.